The van der Waals surface area contributed by atoms with Crippen LogP contribution in [0.25, 0.3) is 0 Å². The van der Waals surface area contributed by atoms with Crippen LogP contribution in [0.1, 0.15) is 25.1 Å². The second kappa shape index (κ2) is 4.79. The van der Waals surface area contributed by atoms with Crippen LogP contribution in [-0.2, 0) is 6.18 Å². The summed E-state index contributed by atoms with van der Waals surface area (Å²) < 4.78 is 37.9. The van der Waals surface area contributed by atoms with Gasteiger partial charge in [-0.1, -0.05) is 25.6 Å². The van der Waals surface area contributed by atoms with E-state index in [9.17, 15) is 13.2 Å². The molecule has 2 N–H and O–H groups in total. The van der Waals surface area contributed by atoms with Crippen molar-refractivity contribution in [3.8, 4) is 6.07 Å². The summed E-state index contributed by atoms with van der Waals surface area (Å²) in [5, 5.41) is 8.56. The molecule has 0 atom stereocenters. The Kier molecular flexibility index (Phi) is 3.83. The van der Waals surface area contributed by atoms with Crippen LogP contribution in [0.3, 0.4) is 0 Å². The summed E-state index contributed by atoms with van der Waals surface area (Å²) in [6.07, 6.45) is -4.71. The Morgan fingerprint density at radius 1 is 1.35 bits per heavy atom. The zero-order valence-electron chi connectivity index (χ0n) is 9.04. The Morgan fingerprint density at radius 3 is 2.35 bits per heavy atom. The Balaban J connectivity index is 3.36. The maximum atomic E-state index is 12.6. The highest BCUT2D eigenvalue weighted by Gasteiger charge is 2.37. The fourth-order valence-corrected chi connectivity index (χ4v) is 1.75. The molecular weight excluding hydrogens is 253 g/mol. The lowest BCUT2D eigenvalue weighted by molar-refractivity contribution is -0.141. The van der Waals surface area contributed by atoms with Crippen LogP contribution in [0.2, 0.25) is 0 Å². The summed E-state index contributed by atoms with van der Waals surface area (Å²) in [6.45, 7) is 3.57. The van der Waals surface area contributed by atoms with Gasteiger partial charge in [0.2, 0.25) is 0 Å². The maximum Gasteiger partial charge on any atom is 0.434 e. The minimum atomic E-state index is -4.71. The topological polar surface area (TPSA) is 75.6 Å². The van der Waals surface area contributed by atoms with Gasteiger partial charge in [-0.2, -0.15) is 18.4 Å². The van der Waals surface area contributed by atoms with Crippen molar-refractivity contribution in [3.05, 3.63) is 11.3 Å². The van der Waals surface area contributed by atoms with Crippen molar-refractivity contribution < 1.29 is 13.2 Å². The standard InChI is InChI=1S/C9H9F3N4S/c1-4(2)17-8-15-6(9(10,11)12)5(3-13)7(14)16-8/h4H,1-2H3,(H2,14,15,16). The van der Waals surface area contributed by atoms with E-state index in [-0.39, 0.29) is 10.4 Å². The molecule has 0 amide bonds. The van der Waals surface area contributed by atoms with Gasteiger partial charge in [-0.3, -0.25) is 0 Å². The van der Waals surface area contributed by atoms with Gasteiger partial charge in [0.1, 0.15) is 17.5 Å². The molecule has 17 heavy (non-hydrogen) atoms. The van der Waals surface area contributed by atoms with Crippen molar-refractivity contribution in [2.24, 2.45) is 0 Å². The number of hydrogen-bond acceptors (Lipinski definition) is 5. The van der Waals surface area contributed by atoms with Gasteiger partial charge in [0.15, 0.2) is 10.9 Å². The minimum Gasteiger partial charge on any atom is -0.382 e. The highest BCUT2D eigenvalue weighted by atomic mass is 32.2. The second-order valence-electron chi connectivity index (χ2n) is 3.39. The lowest BCUT2D eigenvalue weighted by Gasteiger charge is -2.11. The molecule has 8 heteroatoms. The van der Waals surface area contributed by atoms with Gasteiger partial charge >= 0.3 is 6.18 Å². The van der Waals surface area contributed by atoms with Crippen molar-refractivity contribution in [1.82, 2.24) is 9.97 Å². The van der Waals surface area contributed by atoms with E-state index in [1.54, 1.807) is 13.8 Å². The van der Waals surface area contributed by atoms with Crippen molar-refractivity contribution in [1.29, 1.82) is 5.26 Å². The summed E-state index contributed by atoms with van der Waals surface area (Å²) >= 11 is 1.05. The molecule has 0 bridgehead atoms. The van der Waals surface area contributed by atoms with Gasteiger partial charge in [-0.05, 0) is 0 Å². The van der Waals surface area contributed by atoms with Crippen LogP contribution >= 0.6 is 11.8 Å². The van der Waals surface area contributed by atoms with Crippen molar-refractivity contribution >= 4 is 17.6 Å². The molecule has 0 spiro atoms. The van der Waals surface area contributed by atoms with E-state index in [1.165, 1.54) is 6.07 Å². The number of nitrogens with zero attached hydrogens (tertiary/aromatic N) is 3. The first-order valence-electron chi connectivity index (χ1n) is 4.57. The monoisotopic (exact) mass is 262 g/mol. The number of hydrogen-bond donors (Lipinski definition) is 1. The van der Waals surface area contributed by atoms with Gasteiger partial charge in [0.05, 0.1) is 0 Å². The van der Waals surface area contributed by atoms with E-state index in [0.717, 1.165) is 11.8 Å². The highest BCUT2D eigenvalue weighted by molar-refractivity contribution is 7.99. The van der Waals surface area contributed by atoms with Crippen molar-refractivity contribution in [2.75, 3.05) is 5.73 Å². The van der Waals surface area contributed by atoms with E-state index in [2.05, 4.69) is 9.97 Å². The van der Waals surface area contributed by atoms with Gasteiger partial charge in [0.25, 0.3) is 0 Å². The van der Waals surface area contributed by atoms with E-state index in [4.69, 9.17) is 11.0 Å². The first-order chi connectivity index (χ1) is 7.75. The van der Waals surface area contributed by atoms with E-state index in [0.29, 0.717) is 0 Å². The molecule has 0 radical (unpaired) electrons. The zero-order valence-corrected chi connectivity index (χ0v) is 9.85. The molecule has 0 unspecified atom stereocenters. The SMILES string of the molecule is CC(C)Sc1nc(N)c(C#N)c(C(F)(F)F)n1. The number of thioether (sulfide) groups is 1. The molecule has 1 aromatic heterocycles. The lowest BCUT2D eigenvalue weighted by Crippen LogP contribution is -2.15. The summed E-state index contributed by atoms with van der Waals surface area (Å²) in [6, 6.07) is 1.37. The second-order valence-corrected chi connectivity index (χ2v) is 4.93. The Hall–Kier alpha value is -1.49. The van der Waals surface area contributed by atoms with E-state index >= 15 is 0 Å². The fraction of sp³-hybridized carbons (Fsp3) is 0.444. The average molecular weight is 262 g/mol. The van der Waals surface area contributed by atoms with E-state index < -0.39 is 23.3 Å². The first-order valence-corrected chi connectivity index (χ1v) is 5.45. The molecule has 4 nitrogen and oxygen atoms in total. The van der Waals surface area contributed by atoms with Crippen LogP contribution in [0.5, 0.6) is 0 Å². The minimum absolute atomic E-state index is 0.0171. The molecule has 0 saturated heterocycles. The van der Waals surface area contributed by atoms with Crippen LogP contribution in [0.4, 0.5) is 19.0 Å². The van der Waals surface area contributed by atoms with Gasteiger partial charge < -0.3 is 5.73 Å². The number of aromatic nitrogens is 2. The van der Waals surface area contributed by atoms with Crippen molar-refractivity contribution in [3.63, 3.8) is 0 Å². The van der Waals surface area contributed by atoms with Crippen LogP contribution in [0.15, 0.2) is 5.16 Å². The van der Waals surface area contributed by atoms with E-state index in [1.807, 2.05) is 0 Å². The molecule has 0 aliphatic rings. The van der Waals surface area contributed by atoms with Gasteiger partial charge in [0, 0.05) is 5.25 Å². The Bertz CT molecular complexity index is 465. The Labute approximate surface area is 100 Å². The summed E-state index contributed by atoms with van der Waals surface area (Å²) in [5.41, 5.74) is 3.31. The van der Waals surface area contributed by atoms with Crippen LogP contribution < -0.4 is 5.73 Å². The summed E-state index contributed by atoms with van der Waals surface area (Å²) in [5.74, 6) is -0.446. The van der Waals surface area contributed by atoms with Crippen LogP contribution in [-0.4, -0.2) is 15.2 Å². The molecule has 1 aromatic rings. The van der Waals surface area contributed by atoms with Gasteiger partial charge in [-0.15, -0.1) is 0 Å². The largest absolute Gasteiger partial charge is 0.434 e. The number of nitrogen functional groups attached to an aromatic ring is 1. The van der Waals surface area contributed by atoms with Gasteiger partial charge in [-0.25, -0.2) is 9.97 Å². The number of nitriles is 1. The zero-order chi connectivity index (χ0) is 13.2. The summed E-state index contributed by atoms with van der Waals surface area (Å²) in [4.78, 5) is 7.01. The number of halogens is 3. The molecule has 1 heterocycles. The third-order valence-electron chi connectivity index (χ3n) is 1.64. The highest BCUT2D eigenvalue weighted by Crippen LogP contribution is 2.33. The molecule has 0 aromatic carbocycles. The fourth-order valence-electron chi connectivity index (χ4n) is 1.04. The Morgan fingerprint density at radius 2 is 1.94 bits per heavy atom. The predicted molar refractivity (Wildman–Crippen MR) is 57.2 cm³/mol. The number of rotatable bonds is 2. The molecule has 0 saturated carbocycles. The maximum absolute atomic E-state index is 12.6. The normalized spacial score (nSPS) is 11.6. The quantitative estimate of drug-likeness (QED) is 0.654. The smallest absolute Gasteiger partial charge is 0.382 e. The molecule has 92 valence electrons. The molecule has 1 rings (SSSR count). The predicted octanol–water partition coefficient (Wildman–Crippen LogP) is 2.45. The first kappa shape index (κ1) is 13.6. The molecular formula is C9H9F3N4S. The number of alkyl halides is 3. The molecule has 0 fully saturated rings. The van der Waals surface area contributed by atoms with Crippen molar-refractivity contribution in [2.45, 2.75) is 30.4 Å². The molecule has 0 aliphatic carbocycles. The number of anilines is 1. The lowest BCUT2D eigenvalue weighted by atomic mass is 10.2. The average Bonchev–Trinajstić information content (AvgIpc) is 2.14. The number of nitrogens with two attached hydrogens (primary N) is 1. The third-order valence-corrected chi connectivity index (χ3v) is 2.50. The summed E-state index contributed by atoms with van der Waals surface area (Å²) in [7, 11) is 0. The third kappa shape index (κ3) is 3.23. The van der Waals surface area contributed by atoms with Crippen LogP contribution in [0, 0.1) is 11.3 Å². The molecule has 0 aliphatic heterocycles.